The highest BCUT2D eigenvalue weighted by Crippen LogP contribution is 2.34. The van der Waals surface area contributed by atoms with Gasteiger partial charge in [0.05, 0.1) is 11.3 Å². The highest BCUT2D eigenvalue weighted by atomic mass is 35.5. The highest BCUT2D eigenvalue weighted by molar-refractivity contribution is 5.85. The number of anilines is 1. The molecule has 7 heteroatoms. The second kappa shape index (κ2) is 7.60. The van der Waals surface area contributed by atoms with Crippen LogP contribution in [-0.4, -0.2) is 39.5 Å². The fourth-order valence-electron chi connectivity index (χ4n) is 4.14. The number of aromatic nitrogens is 2. The Morgan fingerprint density at radius 3 is 2.22 bits per heavy atom. The lowest BCUT2D eigenvalue weighted by Crippen LogP contribution is -2.62. The van der Waals surface area contributed by atoms with Crippen LogP contribution in [0.25, 0.3) is 11.3 Å². The van der Waals surface area contributed by atoms with Crippen molar-refractivity contribution in [2.45, 2.75) is 57.7 Å². The van der Waals surface area contributed by atoms with Crippen molar-refractivity contribution in [1.29, 1.82) is 0 Å². The average Bonchev–Trinajstić information content (AvgIpc) is 2.52. The molecule has 1 aliphatic rings. The van der Waals surface area contributed by atoms with Crippen LogP contribution in [0, 0.1) is 5.82 Å². The monoisotopic (exact) mass is 394 g/mol. The number of halogens is 2. The van der Waals surface area contributed by atoms with Crippen LogP contribution in [0.2, 0.25) is 0 Å². The Morgan fingerprint density at radius 2 is 1.70 bits per heavy atom. The number of rotatable bonds is 3. The largest absolute Gasteiger partial charge is 0.507 e. The number of piperidine rings is 1. The summed E-state index contributed by atoms with van der Waals surface area (Å²) in [6.45, 7) is 8.85. The van der Waals surface area contributed by atoms with Crippen LogP contribution in [0.4, 0.5) is 10.2 Å². The van der Waals surface area contributed by atoms with Crippen LogP contribution in [0.1, 0.15) is 40.5 Å². The maximum Gasteiger partial charge on any atom is 0.151 e. The van der Waals surface area contributed by atoms with Gasteiger partial charge >= 0.3 is 0 Å². The van der Waals surface area contributed by atoms with E-state index in [1.807, 2.05) is 13.1 Å². The van der Waals surface area contributed by atoms with Crippen molar-refractivity contribution < 1.29 is 9.50 Å². The molecule has 1 saturated heterocycles. The van der Waals surface area contributed by atoms with Crippen molar-refractivity contribution in [1.82, 2.24) is 15.5 Å². The predicted octanol–water partition coefficient (Wildman–Crippen LogP) is 4.16. The molecule has 0 unspecified atom stereocenters. The Labute approximate surface area is 166 Å². The summed E-state index contributed by atoms with van der Waals surface area (Å²) in [5.41, 5.74) is 0.474. The van der Waals surface area contributed by atoms with Gasteiger partial charge in [-0.2, -0.15) is 0 Å². The first-order chi connectivity index (χ1) is 12.1. The van der Waals surface area contributed by atoms with Crippen LogP contribution < -0.4 is 10.2 Å². The molecule has 0 spiro atoms. The molecule has 0 atom stereocenters. The Morgan fingerprint density at radius 1 is 1.07 bits per heavy atom. The lowest BCUT2D eigenvalue weighted by atomic mass is 9.79. The van der Waals surface area contributed by atoms with Gasteiger partial charge < -0.3 is 15.3 Å². The number of nitrogens with one attached hydrogen (secondary N) is 1. The second-order valence-corrected chi connectivity index (χ2v) is 8.48. The van der Waals surface area contributed by atoms with Gasteiger partial charge in [-0.05, 0) is 64.8 Å². The highest BCUT2D eigenvalue weighted by Gasteiger charge is 2.39. The number of hydrogen-bond acceptors (Lipinski definition) is 5. The van der Waals surface area contributed by atoms with Crippen LogP contribution >= 0.6 is 12.4 Å². The average molecular weight is 395 g/mol. The molecule has 0 aliphatic carbocycles. The number of phenolic OH excluding ortho intramolecular Hbond substituents is 1. The van der Waals surface area contributed by atoms with Crippen LogP contribution in [0.5, 0.6) is 5.75 Å². The zero-order chi connectivity index (χ0) is 19.1. The quantitative estimate of drug-likeness (QED) is 0.818. The molecule has 0 saturated carbocycles. The van der Waals surface area contributed by atoms with E-state index >= 15 is 0 Å². The molecule has 2 aromatic rings. The van der Waals surface area contributed by atoms with Gasteiger partial charge in [-0.3, -0.25) is 0 Å². The first kappa shape index (κ1) is 21.4. The summed E-state index contributed by atoms with van der Waals surface area (Å²) in [7, 11) is 2.02. The first-order valence-corrected chi connectivity index (χ1v) is 8.92. The Kier molecular flexibility index (Phi) is 6.02. The Balaban J connectivity index is 0.00000261. The Hall–Kier alpha value is -1.92. The number of phenols is 1. The summed E-state index contributed by atoms with van der Waals surface area (Å²) >= 11 is 0. The second-order valence-electron chi connectivity index (χ2n) is 8.48. The SMILES string of the molecule is CN(c1ccc(-c2c(O)cccc2F)nn1)C1CC(C)(C)NC(C)(C)C1.Cl. The zero-order valence-corrected chi connectivity index (χ0v) is 17.3. The lowest BCUT2D eigenvalue weighted by Gasteiger charge is -2.49. The van der Waals surface area contributed by atoms with Crippen LogP contribution in [0.15, 0.2) is 30.3 Å². The number of aromatic hydroxyl groups is 1. The molecule has 1 aliphatic heterocycles. The van der Waals surface area contributed by atoms with Gasteiger partial charge in [0.25, 0.3) is 0 Å². The normalized spacial score (nSPS) is 18.6. The molecule has 27 heavy (non-hydrogen) atoms. The van der Waals surface area contributed by atoms with Crippen LogP contribution in [-0.2, 0) is 0 Å². The van der Waals surface area contributed by atoms with Gasteiger partial charge in [-0.1, -0.05) is 6.07 Å². The Bertz CT molecular complexity index is 759. The van der Waals surface area contributed by atoms with Crippen molar-refractivity contribution in [3.05, 3.63) is 36.1 Å². The molecule has 0 amide bonds. The molecular formula is C20H28ClFN4O. The molecule has 148 valence electrons. The van der Waals surface area contributed by atoms with Gasteiger partial charge in [0.15, 0.2) is 5.82 Å². The van der Waals surface area contributed by atoms with Crippen molar-refractivity contribution >= 4 is 18.2 Å². The molecule has 0 radical (unpaired) electrons. The minimum absolute atomic E-state index is 0. The molecule has 1 aromatic carbocycles. The van der Waals surface area contributed by atoms with Gasteiger partial charge in [0, 0.05) is 24.2 Å². The first-order valence-electron chi connectivity index (χ1n) is 8.92. The van der Waals surface area contributed by atoms with Gasteiger partial charge in [-0.25, -0.2) is 4.39 Å². The van der Waals surface area contributed by atoms with E-state index in [0.29, 0.717) is 11.7 Å². The fourth-order valence-corrected chi connectivity index (χ4v) is 4.14. The van der Waals surface area contributed by atoms with E-state index in [1.54, 1.807) is 6.07 Å². The van der Waals surface area contributed by atoms with Crippen LogP contribution in [0.3, 0.4) is 0 Å². The van der Waals surface area contributed by atoms with E-state index in [1.165, 1.54) is 18.2 Å². The summed E-state index contributed by atoms with van der Waals surface area (Å²) in [5.74, 6) is 0.0904. The van der Waals surface area contributed by atoms with Crippen molar-refractivity contribution in [3.63, 3.8) is 0 Å². The summed E-state index contributed by atoms with van der Waals surface area (Å²) in [4.78, 5) is 2.14. The topological polar surface area (TPSA) is 61.3 Å². The van der Waals surface area contributed by atoms with Gasteiger partial charge in [0.2, 0.25) is 0 Å². The van der Waals surface area contributed by atoms with Crippen molar-refractivity contribution in [2.75, 3.05) is 11.9 Å². The predicted molar refractivity (Wildman–Crippen MR) is 109 cm³/mol. The lowest BCUT2D eigenvalue weighted by molar-refractivity contribution is 0.160. The minimum Gasteiger partial charge on any atom is -0.507 e. The smallest absolute Gasteiger partial charge is 0.151 e. The molecule has 3 rings (SSSR count). The maximum absolute atomic E-state index is 14.0. The molecule has 2 heterocycles. The summed E-state index contributed by atoms with van der Waals surface area (Å²) in [6.07, 6.45) is 1.98. The maximum atomic E-state index is 14.0. The van der Waals surface area contributed by atoms with E-state index in [0.717, 1.165) is 18.7 Å². The number of hydrogen-bond donors (Lipinski definition) is 2. The summed E-state index contributed by atoms with van der Waals surface area (Å²) < 4.78 is 14.0. The number of benzene rings is 1. The molecule has 5 nitrogen and oxygen atoms in total. The van der Waals surface area contributed by atoms with E-state index in [9.17, 15) is 9.50 Å². The molecule has 1 aromatic heterocycles. The summed E-state index contributed by atoms with van der Waals surface area (Å²) in [6, 6.07) is 8.06. The zero-order valence-electron chi connectivity index (χ0n) is 16.5. The van der Waals surface area contributed by atoms with Gasteiger partial charge in [0.1, 0.15) is 11.6 Å². The van der Waals surface area contributed by atoms with Crippen molar-refractivity contribution in [2.24, 2.45) is 0 Å². The van der Waals surface area contributed by atoms with Gasteiger partial charge in [-0.15, -0.1) is 22.6 Å². The number of nitrogens with zero attached hydrogens (tertiary/aromatic N) is 3. The molecular weight excluding hydrogens is 367 g/mol. The summed E-state index contributed by atoms with van der Waals surface area (Å²) in [5, 5.41) is 22.0. The third-order valence-corrected chi connectivity index (χ3v) is 4.98. The van der Waals surface area contributed by atoms with E-state index in [2.05, 4.69) is 48.1 Å². The van der Waals surface area contributed by atoms with Crippen molar-refractivity contribution in [3.8, 4) is 17.0 Å². The standard InChI is InChI=1S/C20H27FN4O.ClH/c1-19(2)11-13(12-20(3,4)24-19)25(5)17-10-9-15(22-23-17)18-14(21)7-6-8-16(18)26;/h6-10,13,24,26H,11-12H2,1-5H3;1H. The fraction of sp³-hybridized carbons (Fsp3) is 0.500. The molecule has 0 bridgehead atoms. The third-order valence-electron chi connectivity index (χ3n) is 4.98. The third kappa shape index (κ3) is 4.68. The minimum atomic E-state index is -0.512. The molecule has 1 fully saturated rings. The molecule has 2 N–H and O–H groups in total. The van der Waals surface area contributed by atoms with E-state index in [-0.39, 0.29) is 34.8 Å². The van der Waals surface area contributed by atoms with E-state index in [4.69, 9.17) is 0 Å². The van der Waals surface area contributed by atoms with E-state index < -0.39 is 5.82 Å².